The number of rotatable bonds is 13. The van der Waals surface area contributed by atoms with Crippen LogP contribution in [-0.4, -0.2) is 48.7 Å². The van der Waals surface area contributed by atoms with Crippen molar-refractivity contribution < 1.29 is 29.3 Å². The first-order chi connectivity index (χ1) is 21.8. The van der Waals surface area contributed by atoms with Crippen molar-refractivity contribution in [2.75, 3.05) is 5.75 Å². The molecule has 10 nitrogen and oxygen atoms in total. The molecular weight excluding hydrogens is 592 g/mol. The first-order valence-corrected chi connectivity index (χ1v) is 15.9. The third-order valence-corrected chi connectivity index (χ3v) is 9.02. The highest BCUT2D eigenvalue weighted by Gasteiger charge is 2.38. The lowest BCUT2D eigenvalue weighted by Crippen LogP contribution is -2.38. The van der Waals surface area contributed by atoms with Crippen molar-refractivity contribution in [3.05, 3.63) is 101 Å². The van der Waals surface area contributed by atoms with Crippen LogP contribution in [0.4, 0.5) is 0 Å². The Morgan fingerprint density at radius 1 is 0.956 bits per heavy atom. The number of aryl methyl sites for hydroxylation is 1. The Hall–Kier alpha value is -4.03. The number of aliphatic carboxylic acids is 1. The molecule has 0 aliphatic carbocycles. The summed E-state index contributed by atoms with van der Waals surface area (Å²) in [6, 6.07) is 23.9. The summed E-state index contributed by atoms with van der Waals surface area (Å²) in [5, 5.41) is 30.2. The van der Waals surface area contributed by atoms with Gasteiger partial charge in [-0.05, 0) is 40.3 Å². The molecule has 0 saturated carbocycles. The highest BCUT2D eigenvalue weighted by Crippen LogP contribution is 2.43. The Labute approximate surface area is 266 Å². The van der Waals surface area contributed by atoms with Crippen LogP contribution in [-0.2, 0) is 39.3 Å². The zero-order chi connectivity index (χ0) is 31.8. The lowest BCUT2D eigenvalue weighted by molar-refractivity contribution is -0.268. The Morgan fingerprint density at radius 2 is 1.71 bits per heavy atom. The number of carboxylic acid groups (broad SMARTS) is 1. The van der Waals surface area contributed by atoms with Gasteiger partial charge in [-0.25, -0.2) is 0 Å². The van der Waals surface area contributed by atoms with E-state index in [1.165, 1.54) is 0 Å². The van der Waals surface area contributed by atoms with Crippen molar-refractivity contribution in [1.82, 2.24) is 20.1 Å². The molecule has 11 heteroatoms. The van der Waals surface area contributed by atoms with E-state index in [4.69, 9.17) is 14.6 Å². The smallest absolute Gasteiger partial charge is 0.303 e. The minimum Gasteiger partial charge on any atom is -0.481 e. The highest BCUT2D eigenvalue weighted by atomic mass is 32.2. The number of carbonyl (C=O) groups is 2. The van der Waals surface area contributed by atoms with Gasteiger partial charge < -0.3 is 29.6 Å². The van der Waals surface area contributed by atoms with Crippen LogP contribution < -0.4 is 5.32 Å². The molecule has 3 aromatic carbocycles. The van der Waals surface area contributed by atoms with Gasteiger partial charge in [-0.15, -0.1) is 10.2 Å². The second kappa shape index (κ2) is 15.3. The van der Waals surface area contributed by atoms with E-state index in [2.05, 4.69) is 22.4 Å². The maximum absolute atomic E-state index is 12.1. The third-order valence-electron chi connectivity index (χ3n) is 7.90. The first-order valence-electron chi connectivity index (χ1n) is 15.0. The Balaban J connectivity index is 1.29. The number of carbonyl (C=O) groups excluding carboxylic acids is 1. The summed E-state index contributed by atoms with van der Waals surface area (Å²) >= 11 is 1.60. The zero-order valence-corrected chi connectivity index (χ0v) is 26.2. The molecule has 5 rings (SSSR count). The van der Waals surface area contributed by atoms with Crippen LogP contribution in [0.2, 0.25) is 0 Å². The van der Waals surface area contributed by atoms with E-state index < -0.39 is 12.3 Å². The monoisotopic (exact) mass is 630 g/mol. The molecule has 2 heterocycles. The van der Waals surface area contributed by atoms with Gasteiger partial charge in [0.15, 0.2) is 11.4 Å². The van der Waals surface area contributed by atoms with E-state index >= 15 is 0 Å². The van der Waals surface area contributed by atoms with E-state index in [0.717, 1.165) is 38.5 Å². The minimum atomic E-state index is -0.900. The lowest BCUT2D eigenvalue weighted by atomic mass is 9.91. The largest absolute Gasteiger partial charge is 0.481 e. The molecule has 0 radical (unpaired) electrons. The summed E-state index contributed by atoms with van der Waals surface area (Å²) in [4.78, 5) is 22.8. The number of nitrogens with zero attached hydrogens (tertiary/aromatic N) is 3. The second-order valence-corrected chi connectivity index (χ2v) is 12.2. The number of aliphatic hydroxyl groups is 1. The highest BCUT2D eigenvalue weighted by molar-refractivity contribution is 7.99. The summed E-state index contributed by atoms with van der Waals surface area (Å²) in [7, 11) is 1.92. The number of thioether (sulfide) groups is 1. The summed E-state index contributed by atoms with van der Waals surface area (Å²) in [5.41, 5.74) is 5.77. The summed E-state index contributed by atoms with van der Waals surface area (Å²) < 4.78 is 15.1. The first kappa shape index (κ1) is 32.4. The standard InChI is InChI=1S/C34H38N4O6S/c1-22-29(20-45-34-37-36-21-38(34)2)43-33(44-32(22)26-11-9-23(19-39)10-12-26)27-15-13-25(14-16-27)28-6-3-5-24(17-28)18-35-30(40)7-4-8-31(41)42/h3,5-6,9-17,21-22,29,32-33,39H,4,7-8,18-20H2,1-2H3,(H,35,40)(H,41,42)/t22-,29+,32+,33+/m1/s1. The molecule has 0 unspecified atom stereocenters. The molecule has 1 amide bonds. The van der Waals surface area contributed by atoms with Gasteiger partial charge >= 0.3 is 5.97 Å². The molecule has 0 bridgehead atoms. The average molecular weight is 631 g/mol. The van der Waals surface area contributed by atoms with Gasteiger partial charge in [0, 0.05) is 43.7 Å². The molecule has 1 aliphatic rings. The van der Waals surface area contributed by atoms with Gasteiger partial charge in [0.05, 0.1) is 18.8 Å². The molecule has 4 atom stereocenters. The minimum absolute atomic E-state index is 0.0114. The van der Waals surface area contributed by atoms with Gasteiger partial charge in [0.25, 0.3) is 0 Å². The maximum Gasteiger partial charge on any atom is 0.303 e. The van der Waals surface area contributed by atoms with E-state index in [0.29, 0.717) is 18.7 Å². The van der Waals surface area contributed by atoms with Crippen LogP contribution in [0, 0.1) is 5.92 Å². The van der Waals surface area contributed by atoms with E-state index in [9.17, 15) is 14.7 Å². The van der Waals surface area contributed by atoms with Crippen LogP contribution in [0.15, 0.2) is 84.3 Å². The normalized spacial score (nSPS) is 19.7. The molecular formula is C34H38N4O6S. The van der Waals surface area contributed by atoms with Gasteiger partial charge in [-0.1, -0.05) is 85.4 Å². The number of benzene rings is 3. The van der Waals surface area contributed by atoms with E-state index in [-0.39, 0.29) is 43.5 Å². The number of hydrogen-bond donors (Lipinski definition) is 3. The quantitative estimate of drug-likeness (QED) is 0.165. The maximum atomic E-state index is 12.1. The van der Waals surface area contributed by atoms with Crippen molar-refractivity contribution in [1.29, 1.82) is 0 Å². The van der Waals surface area contributed by atoms with Crippen LogP contribution in [0.25, 0.3) is 11.1 Å². The number of carboxylic acids is 1. The molecule has 3 N–H and O–H groups in total. The molecule has 1 saturated heterocycles. The molecule has 45 heavy (non-hydrogen) atoms. The Morgan fingerprint density at radius 3 is 2.40 bits per heavy atom. The SMILES string of the molecule is C[C@@H]1[C@H](CSc2nncn2C)O[C@H](c2ccc(-c3cccc(CNC(=O)CCCC(=O)O)c3)cc2)O[C@@H]1c1ccc(CO)cc1. The van der Waals surface area contributed by atoms with E-state index in [1.807, 2.05) is 84.4 Å². The van der Waals surface area contributed by atoms with Gasteiger partial charge in [0.2, 0.25) is 5.91 Å². The summed E-state index contributed by atoms with van der Waals surface area (Å²) in [6.45, 7) is 2.49. The topological polar surface area (TPSA) is 136 Å². The van der Waals surface area contributed by atoms with Crippen molar-refractivity contribution in [2.45, 2.75) is 63.0 Å². The number of nitrogens with one attached hydrogen (secondary N) is 1. The molecule has 4 aromatic rings. The van der Waals surface area contributed by atoms with Gasteiger partial charge in [0.1, 0.15) is 6.33 Å². The fourth-order valence-corrected chi connectivity index (χ4v) is 6.30. The second-order valence-electron chi connectivity index (χ2n) is 11.2. The molecule has 0 spiro atoms. The molecule has 1 aliphatic heterocycles. The fourth-order valence-electron chi connectivity index (χ4n) is 5.25. The third kappa shape index (κ3) is 8.58. The molecule has 236 valence electrons. The number of amides is 1. The van der Waals surface area contributed by atoms with Crippen LogP contribution in [0.3, 0.4) is 0 Å². The fraction of sp³-hybridized carbons (Fsp3) is 0.353. The van der Waals surface area contributed by atoms with Crippen LogP contribution in [0.1, 0.15) is 60.8 Å². The number of aromatic nitrogens is 3. The molecule has 1 fully saturated rings. The summed E-state index contributed by atoms with van der Waals surface area (Å²) in [5.74, 6) is -0.326. The predicted molar refractivity (Wildman–Crippen MR) is 170 cm³/mol. The van der Waals surface area contributed by atoms with E-state index in [1.54, 1.807) is 18.1 Å². The summed E-state index contributed by atoms with van der Waals surface area (Å²) in [6.07, 6.45) is 1.26. The van der Waals surface area contributed by atoms with Crippen LogP contribution >= 0.6 is 11.8 Å². The van der Waals surface area contributed by atoms with Crippen molar-refractivity contribution in [2.24, 2.45) is 13.0 Å². The predicted octanol–water partition coefficient (Wildman–Crippen LogP) is 5.43. The zero-order valence-electron chi connectivity index (χ0n) is 25.3. The number of hydrogen-bond acceptors (Lipinski definition) is 8. The molecule has 1 aromatic heterocycles. The Bertz CT molecular complexity index is 1580. The Kier molecular flexibility index (Phi) is 11.0. The lowest BCUT2D eigenvalue weighted by Gasteiger charge is -2.41. The van der Waals surface area contributed by atoms with Crippen molar-refractivity contribution in [3.63, 3.8) is 0 Å². The number of ether oxygens (including phenoxy) is 2. The van der Waals surface area contributed by atoms with Crippen LogP contribution in [0.5, 0.6) is 0 Å². The number of aliphatic hydroxyl groups excluding tert-OH is 1. The van der Waals surface area contributed by atoms with Gasteiger partial charge in [-0.2, -0.15) is 0 Å². The van der Waals surface area contributed by atoms with Gasteiger partial charge in [-0.3, -0.25) is 9.59 Å². The van der Waals surface area contributed by atoms with Crippen molar-refractivity contribution >= 4 is 23.6 Å². The average Bonchev–Trinajstić information content (AvgIpc) is 3.47. The van der Waals surface area contributed by atoms with Crippen molar-refractivity contribution in [3.8, 4) is 11.1 Å².